The highest BCUT2D eigenvalue weighted by atomic mass is 16.4. The van der Waals surface area contributed by atoms with E-state index in [1.165, 1.54) is 0 Å². The zero-order valence-electron chi connectivity index (χ0n) is 12.9. The first-order valence-corrected chi connectivity index (χ1v) is 7.85. The van der Waals surface area contributed by atoms with E-state index >= 15 is 0 Å². The number of anilines is 1. The fourth-order valence-electron chi connectivity index (χ4n) is 3.43. The van der Waals surface area contributed by atoms with Gasteiger partial charge in [-0.15, -0.1) is 0 Å². The summed E-state index contributed by atoms with van der Waals surface area (Å²) in [6, 6.07) is 16.2. The molecule has 6 nitrogen and oxygen atoms in total. The molecule has 0 radical (unpaired) electrons. The molecule has 0 spiro atoms. The van der Waals surface area contributed by atoms with Crippen molar-refractivity contribution in [2.75, 3.05) is 11.4 Å². The molecular formula is C18H17N3O3. The summed E-state index contributed by atoms with van der Waals surface area (Å²) in [7, 11) is 0. The quantitative estimate of drug-likeness (QED) is 0.895. The van der Waals surface area contributed by atoms with Crippen LogP contribution in [0.15, 0.2) is 54.6 Å². The van der Waals surface area contributed by atoms with E-state index < -0.39 is 18.3 Å². The van der Waals surface area contributed by atoms with Gasteiger partial charge in [-0.05, 0) is 17.7 Å². The molecule has 4 rings (SSSR count). The normalized spacial score (nSPS) is 22.2. The Labute approximate surface area is 139 Å². The first-order chi connectivity index (χ1) is 11.7. The van der Waals surface area contributed by atoms with Crippen molar-refractivity contribution >= 4 is 17.6 Å². The maximum absolute atomic E-state index is 13.0. The van der Waals surface area contributed by atoms with Gasteiger partial charge in [-0.2, -0.15) is 0 Å². The minimum atomic E-state index is -0.895. The molecule has 0 aliphatic carbocycles. The summed E-state index contributed by atoms with van der Waals surface area (Å²) in [5, 5.41) is 12.7. The molecule has 2 aromatic carbocycles. The van der Waals surface area contributed by atoms with Crippen LogP contribution in [0.3, 0.4) is 0 Å². The molecular weight excluding hydrogens is 306 g/mol. The van der Waals surface area contributed by atoms with E-state index in [2.05, 4.69) is 5.32 Å². The summed E-state index contributed by atoms with van der Waals surface area (Å²) >= 11 is 0. The Kier molecular flexibility index (Phi) is 3.46. The van der Waals surface area contributed by atoms with Crippen molar-refractivity contribution in [2.45, 2.75) is 18.9 Å². The number of hydrogen-bond donors (Lipinski definition) is 2. The number of nitrogens with one attached hydrogen (secondary N) is 1. The van der Waals surface area contributed by atoms with Crippen LogP contribution >= 0.6 is 0 Å². The van der Waals surface area contributed by atoms with E-state index in [1.807, 2.05) is 42.5 Å². The molecule has 1 amide bonds. The Balaban J connectivity index is 1.77. The second kappa shape index (κ2) is 5.65. The highest BCUT2D eigenvalue weighted by molar-refractivity contribution is 6.03. The summed E-state index contributed by atoms with van der Waals surface area (Å²) in [6.07, 6.45) is -0.450. The van der Waals surface area contributed by atoms with Gasteiger partial charge in [0.15, 0.2) is 6.29 Å². The van der Waals surface area contributed by atoms with E-state index in [1.54, 1.807) is 21.9 Å². The molecule has 2 N–H and O–H groups in total. The van der Waals surface area contributed by atoms with Gasteiger partial charge >= 0.3 is 5.97 Å². The predicted octanol–water partition coefficient (Wildman–Crippen LogP) is 1.49. The molecule has 1 saturated heterocycles. The molecule has 0 saturated carbocycles. The average Bonchev–Trinajstić information content (AvgIpc) is 3.05. The number of nitrogens with zero attached hydrogens (tertiary/aromatic N) is 2. The largest absolute Gasteiger partial charge is 0.480 e. The summed E-state index contributed by atoms with van der Waals surface area (Å²) in [5.74, 6) is -0.983. The van der Waals surface area contributed by atoms with Crippen molar-refractivity contribution in [3.63, 3.8) is 0 Å². The van der Waals surface area contributed by atoms with Gasteiger partial charge in [0.2, 0.25) is 0 Å². The molecule has 2 unspecified atom stereocenters. The minimum absolute atomic E-state index is 0.0887. The van der Waals surface area contributed by atoms with E-state index in [4.69, 9.17) is 0 Å². The zero-order valence-corrected chi connectivity index (χ0v) is 12.9. The van der Waals surface area contributed by atoms with Crippen molar-refractivity contribution in [2.24, 2.45) is 0 Å². The van der Waals surface area contributed by atoms with Crippen LogP contribution in [0.2, 0.25) is 0 Å². The van der Waals surface area contributed by atoms with Crippen LogP contribution in [0, 0.1) is 0 Å². The van der Waals surface area contributed by atoms with Crippen molar-refractivity contribution in [1.82, 2.24) is 10.2 Å². The monoisotopic (exact) mass is 323 g/mol. The van der Waals surface area contributed by atoms with Gasteiger partial charge in [-0.25, -0.2) is 4.79 Å². The fraction of sp³-hybridized carbons (Fsp3) is 0.222. The number of carboxylic acid groups (broad SMARTS) is 1. The van der Waals surface area contributed by atoms with Gasteiger partial charge in [-0.3, -0.25) is 10.1 Å². The van der Waals surface area contributed by atoms with Crippen molar-refractivity contribution in [1.29, 1.82) is 0 Å². The number of aliphatic carboxylic acids is 1. The standard InChI is InChI=1S/C18H17N3O3/c22-16-13-8-4-5-9-14(13)21-15(17(23)24)10-19-18(21)20(16)11-12-6-2-1-3-7-12/h1-9,15,18-19H,10-11H2,(H,23,24). The second-order valence-corrected chi connectivity index (χ2v) is 5.98. The van der Waals surface area contributed by atoms with Gasteiger partial charge < -0.3 is 14.9 Å². The van der Waals surface area contributed by atoms with Gasteiger partial charge in [0.25, 0.3) is 5.91 Å². The lowest BCUT2D eigenvalue weighted by Crippen LogP contribution is -2.58. The van der Waals surface area contributed by atoms with Crippen molar-refractivity contribution in [3.05, 3.63) is 65.7 Å². The first kappa shape index (κ1) is 14.7. The maximum atomic E-state index is 13.0. The van der Waals surface area contributed by atoms with Crippen LogP contribution in [0.25, 0.3) is 0 Å². The number of amides is 1. The predicted molar refractivity (Wildman–Crippen MR) is 88.5 cm³/mol. The molecule has 0 bridgehead atoms. The van der Waals surface area contributed by atoms with Crippen LogP contribution in [0.1, 0.15) is 15.9 Å². The number of benzene rings is 2. The Morgan fingerprint density at radius 1 is 1.12 bits per heavy atom. The number of carboxylic acids is 1. The van der Waals surface area contributed by atoms with E-state index in [9.17, 15) is 14.7 Å². The van der Waals surface area contributed by atoms with Crippen LogP contribution in [-0.2, 0) is 11.3 Å². The third kappa shape index (κ3) is 2.23. The molecule has 6 heteroatoms. The zero-order chi connectivity index (χ0) is 16.7. The second-order valence-electron chi connectivity index (χ2n) is 5.98. The third-order valence-electron chi connectivity index (χ3n) is 4.54. The fourth-order valence-corrected chi connectivity index (χ4v) is 3.43. The lowest BCUT2D eigenvalue weighted by molar-refractivity contribution is -0.138. The topological polar surface area (TPSA) is 72.9 Å². The molecule has 2 aliphatic rings. The highest BCUT2D eigenvalue weighted by Gasteiger charge is 2.46. The maximum Gasteiger partial charge on any atom is 0.327 e. The van der Waals surface area contributed by atoms with Gasteiger partial charge in [0.05, 0.1) is 11.3 Å². The number of fused-ring (bicyclic) bond motifs is 3. The molecule has 2 aromatic rings. The third-order valence-corrected chi connectivity index (χ3v) is 4.54. The van der Waals surface area contributed by atoms with Crippen LogP contribution < -0.4 is 10.2 Å². The van der Waals surface area contributed by atoms with Crippen molar-refractivity contribution in [3.8, 4) is 0 Å². The number of para-hydroxylation sites is 1. The lowest BCUT2D eigenvalue weighted by Gasteiger charge is -2.42. The minimum Gasteiger partial charge on any atom is -0.480 e. The molecule has 2 heterocycles. The summed E-state index contributed by atoms with van der Waals surface area (Å²) in [5.41, 5.74) is 2.22. The molecule has 2 atom stereocenters. The van der Waals surface area contributed by atoms with Gasteiger partial charge in [-0.1, -0.05) is 42.5 Å². The summed E-state index contributed by atoms with van der Waals surface area (Å²) in [6.45, 7) is 0.724. The Morgan fingerprint density at radius 2 is 1.83 bits per heavy atom. The molecule has 122 valence electrons. The Bertz CT molecular complexity index is 793. The number of carbonyl (C=O) groups excluding carboxylic acids is 1. The molecule has 24 heavy (non-hydrogen) atoms. The average molecular weight is 323 g/mol. The van der Waals surface area contributed by atoms with Crippen LogP contribution in [-0.4, -0.2) is 40.8 Å². The number of carbonyl (C=O) groups is 2. The number of rotatable bonds is 3. The molecule has 1 fully saturated rings. The first-order valence-electron chi connectivity index (χ1n) is 7.85. The molecule has 0 aromatic heterocycles. The SMILES string of the molecule is O=C(O)C1CNC2N(Cc3ccccc3)C(=O)c3ccccc3N12. The number of hydrogen-bond acceptors (Lipinski definition) is 4. The summed E-state index contributed by atoms with van der Waals surface area (Å²) < 4.78 is 0. The summed E-state index contributed by atoms with van der Waals surface area (Å²) in [4.78, 5) is 28.1. The van der Waals surface area contributed by atoms with Gasteiger partial charge in [0.1, 0.15) is 6.04 Å². The smallest absolute Gasteiger partial charge is 0.327 e. The highest BCUT2D eigenvalue weighted by Crippen LogP contribution is 2.35. The Hall–Kier alpha value is -2.86. The van der Waals surface area contributed by atoms with Gasteiger partial charge in [0, 0.05) is 13.1 Å². The van der Waals surface area contributed by atoms with E-state index in [-0.39, 0.29) is 5.91 Å². The lowest BCUT2D eigenvalue weighted by atomic mass is 10.1. The Morgan fingerprint density at radius 3 is 2.58 bits per heavy atom. The van der Waals surface area contributed by atoms with Crippen LogP contribution in [0.4, 0.5) is 5.69 Å². The molecule has 2 aliphatic heterocycles. The van der Waals surface area contributed by atoms with E-state index in [0.29, 0.717) is 24.3 Å². The van der Waals surface area contributed by atoms with E-state index in [0.717, 1.165) is 5.56 Å². The van der Waals surface area contributed by atoms with Crippen molar-refractivity contribution < 1.29 is 14.7 Å². The van der Waals surface area contributed by atoms with Crippen LogP contribution in [0.5, 0.6) is 0 Å².